The van der Waals surface area contributed by atoms with Gasteiger partial charge in [-0.3, -0.25) is 9.10 Å². The van der Waals surface area contributed by atoms with Crippen molar-refractivity contribution in [1.82, 2.24) is 5.32 Å². The van der Waals surface area contributed by atoms with Crippen molar-refractivity contribution >= 4 is 21.6 Å². The molecule has 0 atom stereocenters. The molecule has 1 N–H and O–H groups in total. The summed E-state index contributed by atoms with van der Waals surface area (Å²) >= 11 is 0. The second kappa shape index (κ2) is 11.5. The Hall–Kier alpha value is -2.94. The second-order valence-electron chi connectivity index (χ2n) is 6.81. The smallest absolute Gasteiger partial charge is 0.232 e. The molecule has 0 bridgehead atoms. The fourth-order valence-electron chi connectivity index (χ4n) is 3.07. The van der Waals surface area contributed by atoms with Gasteiger partial charge in [0, 0.05) is 19.5 Å². The van der Waals surface area contributed by atoms with Gasteiger partial charge >= 0.3 is 0 Å². The van der Waals surface area contributed by atoms with Gasteiger partial charge in [0.15, 0.2) is 11.5 Å². The number of methoxy groups -OCH3 is 2. The molecule has 8 nitrogen and oxygen atoms in total. The molecule has 31 heavy (non-hydrogen) atoms. The van der Waals surface area contributed by atoms with Gasteiger partial charge in [-0.05, 0) is 43.2 Å². The zero-order chi connectivity index (χ0) is 22.9. The highest BCUT2D eigenvalue weighted by Gasteiger charge is 2.21. The summed E-state index contributed by atoms with van der Waals surface area (Å²) in [5, 5.41) is 2.84. The SMILES string of the molecule is CCOc1ccccc1N(CCCC(=O)NCc1ccc(OC)c(OC)c1)S(C)(=O)=O. The minimum atomic E-state index is -3.53. The van der Waals surface area contributed by atoms with Crippen LogP contribution in [-0.2, 0) is 21.4 Å². The van der Waals surface area contributed by atoms with Gasteiger partial charge in [-0.25, -0.2) is 8.42 Å². The third kappa shape index (κ3) is 7.06. The highest BCUT2D eigenvalue weighted by atomic mass is 32.2. The average molecular weight is 451 g/mol. The molecule has 1 amide bonds. The first-order chi connectivity index (χ1) is 14.8. The number of nitrogens with one attached hydrogen (secondary N) is 1. The van der Waals surface area contributed by atoms with Crippen molar-refractivity contribution in [3.05, 3.63) is 48.0 Å². The molecule has 0 saturated heterocycles. The number of carbonyl (C=O) groups excluding carboxylic acids is 1. The lowest BCUT2D eigenvalue weighted by molar-refractivity contribution is -0.121. The van der Waals surface area contributed by atoms with Crippen LogP contribution in [-0.4, -0.2) is 48.0 Å². The maximum absolute atomic E-state index is 12.3. The van der Waals surface area contributed by atoms with Gasteiger partial charge in [-0.15, -0.1) is 0 Å². The number of carbonyl (C=O) groups is 1. The van der Waals surface area contributed by atoms with Gasteiger partial charge in [0.05, 0.1) is 32.8 Å². The summed E-state index contributed by atoms with van der Waals surface area (Å²) in [5.74, 6) is 1.53. The third-order valence-electron chi connectivity index (χ3n) is 4.54. The first-order valence-electron chi connectivity index (χ1n) is 9.97. The lowest BCUT2D eigenvalue weighted by Gasteiger charge is -2.24. The predicted molar refractivity (Wildman–Crippen MR) is 120 cm³/mol. The van der Waals surface area contributed by atoms with E-state index in [0.29, 0.717) is 42.5 Å². The Bertz CT molecular complexity index is 978. The molecule has 0 spiro atoms. The topological polar surface area (TPSA) is 94.2 Å². The van der Waals surface area contributed by atoms with Gasteiger partial charge in [-0.2, -0.15) is 0 Å². The van der Waals surface area contributed by atoms with E-state index in [1.165, 1.54) is 4.31 Å². The number of anilines is 1. The number of rotatable bonds is 12. The van der Waals surface area contributed by atoms with Crippen LogP contribution in [0, 0.1) is 0 Å². The first-order valence-corrected chi connectivity index (χ1v) is 11.8. The minimum Gasteiger partial charge on any atom is -0.493 e. The highest BCUT2D eigenvalue weighted by molar-refractivity contribution is 7.92. The highest BCUT2D eigenvalue weighted by Crippen LogP contribution is 2.30. The predicted octanol–water partition coefficient (Wildman–Crippen LogP) is 2.97. The van der Waals surface area contributed by atoms with Crippen LogP contribution in [0.1, 0.15) is 25.3 Å². The molecule has 170 valence electrons. The number of benzene rings is 2. The van der Waals surface area contributed by atoms with Gasteiger partial charge in [-0.1, -0.05) is 18.2 Å². The number of amides is 1. The summed E-state index contributed by atoms with van der Waals surface area (Å²) in [4.78, 5) is 12.3. The largest absolute Gasteiger partial charge is 0.493 e. The molecule has 2 aromatic carbocycles. The van der Waals surface area contributed by atoms with Crippen molar-refractivity contribution in [3.8, 4) is 17.2 Å². The molecule has 0 aliphatic rings. The summed E-state index contributed by atoms with van der Waals surface area (Å²) in [6.07, 6.45) is 1.70. The van der Waals surface area contributed by atoms with E-state index in [-0.39, 0.29) is 18.9 Å². The van der Waals surface area contributed by atoms with E-state index in [4.69, 9.17) is 14.2 Å². The lowest BCUT2D eigenvalue weighted by atomic mass is 10.2. The second-order valence-corrected chi connectivity index (χ2v) is 8.71. The lowest BCUT2D eigenvalue weighted by Crippen LogP contribution is -2.32. The Morgan fingerprint density at radius 3 is 2.39 bits per heavy atom. The molecule has 2 aromatic rings. The summed E-state index contributed by atoms with van der Waals surface area (Å²) in [5.41, 5.74) is 1.34. The van der Waals surface area contributed by atoms with Crippen LogP contribution in [0.25, 0.3) is 0 Å². The molecule has 0 heterocycles. The molecule has 0 aromatic heterocycles. The Labute approximate surface area is 184 Å². The fourth-order valence-corrected chi connectivity index (χ4v) is 4.04. The van der Waals surface area contributed by atoms with E-state index in [1.54, 1.807) is 50.6 Å². The summed E-state index contributed by atoms with van der Waals surface area (Å²) in [6, 6.07) is 12.4. The minimum absolute atomic E-state index is 0.165. The van der Waals surface area contributed by atoms with Crippen LogP contribution in [0.3, 0.4) is 0 Å². The Morgan fingerprint density at radius 2 is 1.74 bits per heavy atom. The monoisotopic (exact) mass is 450 g/mol. The van der Waals surface area contributed by atoms with Crippen LogP contribution in [0.5, 0.6) is 17.2 Å². The van der Waals surface area contributed by atoms with Crippen molar-refractivity contribution < 1.29 is 27.4 Å². The molecular weight excluding hydrogens is 420 g/mol. The third-order valence-corrected chi connectivity index (χ3v) is 5.72. The quantitative estimate of drug-likeness (QED) is 0.534. The molecule has 0 aliphatic heterocycles. The number of hydrogen-bond donors (Lipinski definition) is 1. The van der Waals surface area contributed by atoms with Gasteiger partial charge in [0.2, 0.25) is 15.9 Å². The zero-order valence-electron chi connectivity index (χ0n) is 18.4. The van der Waals surface area contributed by atoms with E-state index in [9.17, 15) is 13.2 Å². The number of para-hydroxylation sites is 2. The van der Waals surface area contributed by atoms with Crippen LogP contribution in [0.2, 0.25) is 0 Å². The molecule has 0 saturated carbocycles. The molecule has 9 heteroatoms. The van der Waals surface area contributed by atoms with E-state index in [2.05, 4.69) is 5.32 Å². The summed E-state index contributed by atoms with van der Waals surface area (Å²) < 4.78 is 42.0. The van der Waals surface area contributed by atoms with Crippen molar-refractivity contribution in [2.45, 2.75) is 26.3 Å². The van der Waals surface area contributed by atoms with Gasteiger partial charge < -0.3 is 19.5 Å². The standard InChI is InChI=1S/C22H30N2O6S/c1-5-30-19-10-7-6-9-18(19)24(31(4,26)27)14-8-11-22(25)23-16-17-12-13-20(28-2)21(15-17)29-3/h6-7,9-10,12-13,15H,5,8,11,14,16H2,1-4H3,(H,23,25). The molecular formula is C22H30N2O6S. The average Bonchev–Trinajstić information content (AvgIpc) is 2.75. The van der Waals surface area contributed by atoms with Crippen molar-refractivity contribution in [2.75, 3.05) is 37.9 Å². The molecule has 0 unspecified atom stereocenters. The number of nitrogens with zero attached hydrogens (tertiary/aromatic N) is 1. The number of sulfonamides is 1. The summed E-state index contributed by atoms with van der Waals surface area (Å²) in [6.45, 7) is 2.77. The van der Waals surface area contributed by atoms with E-state index in [1.807, 2.05) is 13.0 Å². The first kappa shape index (κ1) is 24.3. The molecule has 0 radical (unpaired) electrons. The number of hydrogen-bond acceptors (Lipinski definition) is 6. The van der Waals surface area contributed by atoms with Crippen molar-refractivity contribution in [1.29, 1.82) is 0 Å². The van der Waals surface area contributed by atoms with Crippen LogP contribution < -0.4 is 23.8 Å². The van der Waals surface area contributed by atoms with Gasteiger partial charge in [0.1, 0.15) is 5.75 Å². The van der Waals surface area contributed by atoms with E-state index < -0.39 is 10.0 Å². The number of ether oxygens (including phenoxy) is 3. The zero-order valence-corrected chi connectivity index (χ0v) is 19.2. The fraction of sp³-hybridized carbons (Fsp3) is 0.409. The molecule has 0 aliphatic carbocycles. The molecule has 0 fully saturated rings. The Morgan fingerprint density at radius 1 is 1.03 bits per heavy atom. The van der Waals surface area contributed by atoms with Crippen molar-refractivity contribution in [2.24, 2.45) is 0 Å². The Balaban J connectivity index is 1.95. The maximum atomic E-state index is 12.3. The summed E-state index contributed by atoms with van der Waals surface area (Å²) in [7, 11) is -0.416. The van der Waals surface area contributed by atoms with Gasteiger partial charge in [0.25, 0.3) is 0 Å². The van der Waals surface area contributed by atoms with Crippen LogP contribution in [0.4, 0.5) is 5.69 Å². The van der Waals surface area contributed by atoms with Crippen molar-refractivity contribution in [3.63, 3.8) is 0 Å². The normalized spacial score (nSPS) is 11.0. The van der Waals surface area contributed by atoms with Crippen LogP contribution >= 0.6 is 0 Å². The molecule has 2 rings (SSSR count). The van der Waals surface area contributed by atoms with E-state index in [0.717, 1.165) is 11.8 Å². The van der Waals surface area contributed by atoms with E-state index >= 15 is 0 Å². The van der Waals surface area contributed by atoms with Crippen LogP contribution in [0.15, 0.2) is 42.5 Å². The maximum Gasteiger partial charge on any atom is 0.232 e. The Kier molecular flexibility index (Phi) is 8.99.